The molecule has 0 aliphatic rings. The van der Waals surface area contributed by atoms with Crippen LogP contribution in [-0.4, -0.2) is 0 Å². The molecule has 0 unspecified atom stereocenters. The molecule has 0 aromatic rings. The monoisotopic (exact) mass is 230 g/mol. The normalized spacial score (nSPS) is 14.1. The van der Waals surface area contributed by atoms with Gasteiger partial charge in [-0.1, -0.05) is 56.9 Å². The Morgan fingerprint density at radius 1 is 1.18 bits per heavy atom. The molecular weight excluding hydrogens is 204 g/mol. The van der Waals surface area contributed by atoms with Gasteiger partial charge in [-0.3, -0.25) is 0 Å². The molecule has 0 amide bonds. The van der Waals surface area contributed by atoms with E-state index in [1.165, 1.54) is 11.1 Å². The molecule has 94 valence electrons. The average molecular weight is 230 g/mol. The van der Waals surface area contributed by atoms with Gasteiger partial charge >= 0.3 is 0 Å². The lowest BCUT2D eigenvalue weighted by Crippen LogP contribution is -1.97. The van der Waals surface area contributed by atoms with E-state index in [1.807, 2.05) is 13.0 Å². The van der Waals surface area contributed by atoms with Gasteiger partial charge in [0.25, 0.3) is 0 Å². The number of hydrogen-bond acceptors (Lipinski definition) is 0. The second-order valence-corrected chi connectivity index (χ2v) is 4.73. The predicted molar refractivity (Wildman–Crippen MR) is 80.1 cm³/mol. The summed E-state index contributed by atoms with van der Waals surface area (Å²) in [5, 5.41) is 0. The molecule has 0 atom stereocenters. The van der Waals surface area contributed by atoms with E-state index in [1.54, 1.807) is 0 Å². The van der Waals surface area contributed by atoms with Crippen molar-refractivity contribution < 1.29 is 0 Å². The second-order valence-electron chi connectivity index (χ2n) is 4.73. The van der Waals surface area contributed by atoms with Crippen LogP contribution < -0.4 is 0 Å². The Morgan fingerprint density at radius 2 is 1.76 bits per heavy atom. The highest BCUT2D eigenvalue weighted by atomic mass is 14.1. The minimum absolute atomic E-state index is 0.645. The molecule has 0 saturated carbocycles. The van der Waals surface area contributed by atoms with Crippen LogP contribution in [0.4, 0.5) is 0 Å². The Morgan fingerprint density at radius 3 is 2.12 bits per heavy atom. The van der Waals surface area contributed by atoms with Crippen LogP contribution in [0.1, 0.15) is 41.0 Å². The van der Waals surface area contributed by atoms with Crippen LogP contribution in [0, 0.1) is 5.92 Å². The molecule has 17 heavy (non-hydrogen) atoms. The van der Waals surface area contributed by atoms with Crippen LogP contribution in [0.5, 0.6) is 0 Å². The summed E-state index contributed by atoms with van der Waals surface area (Å²) in [6, 6.07) is 0. The van der Waals surface area contributed by atoms with Gasteiger partial charge in [0.05, 0.1) is 0 Å². The van der Waals surface area contributed by atoms with Crippen molar-refractivity contribution in [3.63, 3.8) is 0 Å². The molecule has 0 bridgehead atoms. The molecule has 0 spiro atoms. The van der Waals surface area contributed by atoms with Crippen molar-refractivity contribution in [2.24, 2.45) is 5.92 Å². The molecule has 0 aliphatic heterocycles. The fourth-order valence-corrected chi connectivity index (χ4v) is 1.64. The Bertz CT molecular complexity index is 359. The summed E-state index contributed by atoms with van der Waals surface area (Å²) in [6.07, 6.45) is 9.34. The molecule has 0 saturated heterocycles. The van der Waals surface area contributed by atoms with E-state index in [0.29, 0.717) is 5.92 Å². The maximum Gasteiger partial charge on any atom is -0.0191 e. The fraction of sp³-hybridized carbons (Fsp3) is 0.412. The van der Waals surface area contributed by atoms with Crippen LogP contribution in [-0.2, 0) is 0 Å². The molecule has 0 aliphatic carbocycles. The van der Waals surface area contributed by atoms with Gasteiger partial charge in [-0.15, -0.1) is 0 Å². The first-order valence-electron chi connectivity index (χ1n) is 6.28. The third-order valence-electron chi connectivity index (χ3n) is 2.77. The van der Waals surface area contributed by atoms with E-state index in [2.05, 4.69) is 59.1 Å². The second kappa shape index (κ2) is 7.89. The van der Waals surface area contributed by atoms with Gasteiger partial charge in [0.2, 0.25) is 0 Å². The molecular formula is C17H26. The molecule has 0 heterocycles. The van der Waals surface area contributed by atoms with Gasteiger partial charge in [0.1, 0.15) is 0 Å². The van der Waals surface area contributed by atoms with Crippen molar-refractivity contribution in [2.45, 2.75) is 41.0 Å². The van der Waals surface area contributed by atoms with Gasteiger partial charge in [-0.2, -0.15) is 0 Å². The van der Waals surface area contributed by atoms with Gasteiger partial charge in [-0.05, 0) is 49.8 Å². The molecule has 0 N–H and O–H groups in total. The van der Waals surface area contributed by atoms with Crippen LogP contribution in [0.25, 0.3) is 0 Å². The number of allylic oxidation sites excluding steroid dienone is 8. The van der Waals surface area contributed by atoms with Gasteiger partial charge in [-0.25, -0.2) is 0 Å². The van der Waals surface area contributed by atoms with Crippen LogP contribution in [0.3, 0.4) is 0 Å². The minimum Gasteiger partial charge on any atom is -0.0984 e. The van der Waals surface area contributed by atoms with Crippen molar-refractivity contribution in [2.75, 3.05) is 0 Å². The van der Waals surface area contributed by atoms with E-state index in [-0.39, 0.29) is 0 Å². The van der Waals surface area contributed by atoms with Gasteiger partial charge in [0, 0.05) is 0 Å². The predicted octanol–water partition coefficient (Wildman–Crippen LogP) is 5.61. The lowest BCUT2D eigenvalue weighted by molar-refractivity contribution is 0.646. The van der Waals surface area contributed by atoms with E-state index >= 15 is 0 Å². The summed E-state index contributed by atoms with van der Waals surface area (Å²) < 4.78 is 0. The zero-order valence-electron chi connectivity index (χ0n) is 12.0. The summed E-state index contributed by atoms with van der Waals surface area (Å²) in [4.78, 5) is 0. The highest BCUT2D eigenvalue weighted by molar-refractivity contribution is 5.51. The summed E-state index contributed by atoms with van der Waals surface area (Å²) >= 11 is 0. The standard InChI is InChI=1S/C17H26/c1-8-14(6)12-17(10-3)15(7)16(9-2)11-13(4)5/h8-10,12-13H,3,7,11H2,1-2,4-6H3/b14-8-,16-9+,17-12+. The topological polar surface area (TPSA) is 0 Å². The zero-order chi connectivity index (χ0) is 13.4. The number of hydrogen-bond donors (Lipinski definition) is 0. The van der Waals surface area contributed by atoms with Gasteiger partial charge in [0.15, 0.2) is 0 Å². The Labute approximate surface area is 107 Å². The third-order valence-corrected chi connectivity index (χ3v) is 2.77. The highest BCUT2D eigenvalue weighted by Crippen LogP contribution is 2.25. The molecule has 0 aromatic carbocycles. The van der Waals surface area contributed by atoms with Crippen molar-refractivity contribution in [1.82, 2.24) is 0 Å². The first-order chi connectivity index (χ1) is 7.96. The van der Waals surface area contributed by atoms with Crippen molar-refractivity contribution in [3.8, 4) is 0 Å². The van der Waals surface area contributed by atoms with Crippen molar-refractivity contribution >= 4 is 0 Å². The molecule has 0 rings (SSSR count). The van der Waals surface area contributed by atoms with Crippen molar-refractivity contribution in [1.29, 1.82) is 0 Å². The SMILES string of the molecule is C=C/C(=C\C(C)=C/C)C(=C)/C(=C/C)CC(C)C. The lowest BCUT2D eigenvalue weighted by atomic mass is 9.91. The molecule has 0 aromatic heterocycles. The third kappa shape index (κ3) is 5.53. The Kier molecular flexibility index (Phi) is 7.29. The van der Waals surface area contributed by atoms with Crippen LogP contribution in [0.15, 0.2) is 59.8 Å². The summed E-state index contributed by atoms with van der Waals surface area (Å²) in [7, 11) is 0. The first kappa shape index (κ1) is 15.7. The largest absolute Gasteiger partial charge is 0.0984 e. The maximum atomic E-state index is 4.20. The quantitative estimate of drug-likeness (QED) is 0.520. The van der Waals surface area contributed by atoms with E-state index in [0.717, 1.165) is 17.6 Å². The molecule has 0 fully saturated rings. The molecule has 0 radical (unpaired) electrons. The lowest BCUT2D eigenvalue weighted by Gasteiger charge is -2.14. The maximum absolute atomic E-state index is 4.20. The minimum atomic E-state index is 0.645. The van der Waals surface area contributed by atoms with E-state index < -0.39 is 0 Å². The van der Waals surface area contributed by atoms with Gasteiger partial charge < -0.3 is 0 Å². The van der Waals surface area contributed by atoms with E-state index in [4.69, 9.17) is 0 Å². The molecule has 0 nitrogen and oxygen atoms in total. The number of rotatable bonds is 6. The fourth-order valence-electron chi connectivity index (χ4n) is 1.64. The summed E-state index contributed by atoms with van der Waals surface area (Å²) in [5.74, 6) is 0.645. The van der Waals surface area contributed by atoms with Crippen LogP contribution >= 0.6 is 0 Å². The Balaban J connectivity index is 5.11. The van der Waals surface area contributed by atoms with Crippen LogP contribution in [0.2, 0.25) is 0 Å². The van der Waals surface area contributed by atoms with E-state index in [9.17, 15) is 0 Å². The smallest absolute Gasteiger partial charge is 0.0191 e. The van der Waals surface area contributed by atoms with Crippen molar-refractivity contribution in [3.05, 3.63) is 59.8 Å². The summed E-state index contributed by atoms with van der Waals surface area (Å²) in [5.41, 5.74) is 4.77. The Hall–Kier alpha value is -1.30. The zero-order valence-corrected chi connectivity index (χ0v) is 12.0. The summed E-state index contributed by atoms with van der Waals surface area (Å²) in [6.45, 7) is 18.7. The highest BCUT2D eigenvalue weighted by Gasteiger charge is 2.07. The average Bonchev–Trinajstić information content (AvgIpc) is 2.31. The molecule has 0 heteroatoms. The first-order valence-corrected chi connectivity index (χ1v) is 6.28.